The van der Waals surface area contributed by atoms with Gasteiger partial charge in [-0.1, -0.05) is 18.0 Å². The van der Waals surface area contributed by atoms with E-state index >= 15 is 0 Å². The zero-order valence-corrected chi connectivity index (χ0v) is 17.0. The summed E-state index contributed by atoms with van der Waals surface area (Å²) in [7, 11) is 0. The lowest BCUT2D eigenvalue weighted by molar-refractivity contribution is -0.129. The summed E-state index contributed by atoms with van der Waals surface area (Å²) in [6.45, 7) is 2.18. The summed E-state index contributed by atoms with van der Waals surface area (Å²) in [4.78, 5) is 27.3. The van der Waals surface area contributed by atoms with Crippen molar-refractivity contribution in [1.29, 1.82) is 0 Å². The van der Waals surface area contributed by atoms with Crippen LogP contribution >= 0.6 is 11.6 Å². The summed E-state index contributed by atoms with van der Waals surface area (Å²) in [5.74, 6) is 0.878. The Morgan fingerprint density at radius 3 is 2.90 bits per heavy atom. The highest BCUT2D eigenvalue weighted by molar-refractivity contribution is 6.31. The van der Waals surface area contributed by atoms with E-state index in [1.165, 1.54) is 12.0 Å². The summed E-state index contributed by atoms with van der Waals surface area (Å²) in [5, 5.41) is 5.03. The lowest BCUT2D eigenvalue weighted by Gasteiger charge is -2.41. The van der Waals surface area contributed by atoms with Gasteiger partial charge < -0.3 is 15.2 Å². The minimum absolute atomic E-state index is 0.00234. The second kappa shape index (κ2) is 7.34. The molecule has 2 fully saturated rings. The van der Waals surface area contributed by atoms with Gasteiger partial charge in [0.25, 0.3) is 0 Å². The molecule has 1 amide bonds. The Balaban J connectivity index is 1.24. The molecule has 29 heavy (non-hydrogen) atoms. The third kappa shape index (κ3) is 3.35. The number of carbonyl (C=O) groups excluding carboxylic acids is 1. The molecule has 150 valence electrons. The van der Waals surface area contributed by atoms with Crippen molar-refractivity contribution in [3.63, 3.8) is 0 Å². The van der Waals surface area contributed by atoms with Crippen LogP contribution in [0, 0.1) is 11.3 Å². The maximum absolute atomic E-state index is 13.1. The normalized spacial score (nSPS) is 20.2. The minimum Gasteiger partial charge on any atom is -0.361 e. The van der Waals surface area contributed by atoms with Gasteiger partial charge in [-0.25, -0.2) is 9.97 Å². The molecular formula is C22H24ClN5O. The number of hydrogen-bond donors (Lipinski definition) is 2. The molecule has 7 heteroatoms. The number of nitrogens with zero attached hydrogens (tertiary/aromatic N) is 3. The quantitative estimate of drug-likeness (QED) is 0.675. The topological polar surface area (TPSA) is 73.9 Å². The molecule has 0 radical (unpaired) electrons. The van der Waals surface area contributed by atoms with Crippen molar-refractivity contribution in [2.45, 2.75) is 25.7 Å². The first kappa shape index (κ1) is 18.4. The van der Waals surface area contributed by atoms with Gasteiger partial charge in [-0.15, -0.1) is 0 Å². The molecule has 2 aliphatic rings. The summed E-state index contributed by atoms with van der Waals surface area (Å²) in [6.07, 6.45) is 9.71. The number of H-pyrrole nitrogens is 1. The Bertz CT molecular complexity index is 1030. The molecule has 1 spiro atoms. The van der Waals surface area contributed by atoms with E-state index in [9.17, 15) is 4.79 Å². The Kier molecular flexibility index (Phi) is 4.66. The number of anilines is 1. The molecule has 3 heterocycles. The first-order valence-corrected chi connectivity index (χ1v) is 10.6. The summed E-state index contributed by atoms with van der Waals surface area (Å²) in [5.41, 5.74) is 2.32. The average Bonchev–Trinajstić information content (AvgIpc) is 3.30. The monoisotopic (exact) mass is 409 g/mol. The van der Waals surface area contributed by atoms with Gasteiger partial charge in [0, 0.05) is 59.6 Å². The molecule has 1 atom stereocenters. The largest absolute Gasteiger partial charge is 0.361 e. The summed E-state index contributed by atoms with van der Waals surface area (Å²) < 4.78 is 0. The van der Waals surface area contributed by atoms with E-state index in [0.717, 1.165) is 47.7 Å². The predicted octanol–water partition coefficient (Wildman–Crippen LogP) is 3.58. The van der Waals surface area contributed by atoms with Crippen LogP contribution in [0.3, 0.4) is 0 Å². The van der Waals surface area contributed by atoms with Gasteiger partial charge in [-0.05, 0) is 49.1 Å². The number of nitrogens with one attached hydrogen (secondary N) is 2. The number of rotatable bonds is 5. The number of amides is 1. The van der Waals surface area contributed by atoms with Gasteiger partial charge in [0.1, 0.15) is 0 Å². The molecule has 1 unspecified atom stereocenters. The number of hydrogen-bond acceptors (Lipinski definition) is 4. The van der Waals surface area contributed by atoms with Crippen molar-refractivity contribution in [2.24, 2.45) is 11.3 Å². The zero-order valence-electron chi connectivity index (χ0n) is 16.2. The van der Waals surface area contributed by atoms with Crippen molar-refractivity contribution >= 4 is 34.4 Å². The van der Waals surface area contributed by atoms with Crippen molar-refractivity contribution in [2.75, 3.05) is 24.5 Å². The Morgan fingerprint density at radius 1 is 1.31 bits per heavy atom. The van der Waals surface area contributed by atoms with Crippen molar-refractivity contribution in [3.8, 4) is 0 Å². The van der Waals surface area contributed by atoms with E-state index in [4.69, 9.17) is 11.6 Å². The van der Waals surface area contributed by atoms with Crippen LogP contribution in [0.25, 0.3) is 10.9 Å². The van der Waals surface area contributed by atoms with Crippen LogP contribution in [0.15, 0.2) is 42.9 Å². The molecule has 5 rings (SSSR count). The molecule has 2 aromatic heterocycles. The number of carbonyl (C=O) groups is 1. The molecule has 6 nitrogen and oxygen atoms in total. The highest BCUT2D eigenvalue weighted by atomic mass is 35.5. The van der Waals surface area contributed by atoms with Gasteiger partial charge in [-0.3, -0.25) is 4.79 Å². The molecule has 1 aromatic carbocycles. The third-order valence-electron chi connectivity index (χ3n) is 6.57. The lowest BCUT2D eigenvalue weighted by atomic mass is 9.62. The third-order valence-corrected chi connectivity index (χ3v) is 6.81. The van der Waals surface area contributed by atoms with E-state index < -0.39 is 0 Å². The van der Waals surface area contributed by atoms with Gasteiger partial charge in [0.2, 0.25) is 11.9 Å². The number of aromatic amines is 1. The van der Waals surface area contributed by atoms with Crippen molar-refractivity contribution in [3.05, 3.63) is 53.4 Å². The number of halogens is 1. The van der Waals surface area contributed by atoms with E-state index in [-0.39, 0.29) is 17.2 Å². The fraction of sp³-hybridized carbons (Fsp3) is 0.409. The van der Waals surface area contributed by atoms with Crippen LogP contribution in [-0.4, -0.2) is 40.5 Å². The van der Waals surface area contributed by atoms with Crippen LogP contribution in [0.5, 0.6) is 0 Å². The molecule has 0 bridgehead atoms. The highest BCUT2D eigenvalue weighted by Crippen LogP contribution is 2.52. The van der Waals surface area contributed by atoms with Gasteiger partial charge >= 0.3 is 0 Å². The van der Waals surface area contributed by atoms with E-state index in [1.807, 2.05) is 30.5 Å². The maximum Gasteiger partial charge on any atom is 0.225 e. The van der Waals surface area contributed by atoms with Gasteiger partial charge in [-0.2, -0.15) is 0 Å². The number of aromatic nitrogens is 3. The molecule has 3 aromatic rings. The van der Waals surface area contributed by atoms with E-state index in [0.29, 0.717) is 13.1 Å². The SMILES string of the molecule is O=C(NCCc1c[nH]c2ccc(Cl)cc12)C1CN(c2ncccn2)CC12CCC2. The van der Waals surface area contributed by atoms with Crippen molar-refractivity contribution < 1.29 is 4.79 Å². The molecule has 1 saturated carbocycles. The Morgan fingerprint density at radius 2 is 2.14 bits per heavy atom. The predicted molar refractivity (Wildman–Crippen MR) is 114 cm³/mol. The van der Waals surface area contributed by atoms with E-state index in [2.05, 4.69) is 25.2 Å². The molecule has 2 N–H and O–H groups in total. The molecule has 1 aliphatic heterocycles. The van der Waals surface area contributed by atoms with Crippen LogP contribution in [0.4, 0.5) is 5.95 Å². The molecular weight excluding hydrogens is 386 g/mol. The summed E-state index contributed by atoms with van der Waals surface area (Å²) in [6, 6.07) is 7.66. The standard InChI is InChI=1S/C22H24ClN5O/c23-16-3-4-19-17(11-16)15(12-27-19)5-10-24-20(29)18-13-28(14-22(18)6-1-7-22)21-25-8-2-9-26-21/h2-4,8-9,11-12,18,27H,1,5-7,10,13-14H2,(H,24,29). The summed E-state index contributed by atoms with van der Waals surface area (Å²) >= 11 is 6.14. The smallest absolute Gasteiger partial charge is 0.225 e. The maximum atomic E-state index is 13.1. The Labute approximate surface area is 174 Å². The average molecular weight is 410 g/mol. The number of benzene rings is 1. The Hall–Kier alpha value is -2.60. The first-order valence-electron chi connectivity index (χ1n) is 10.2. The van der Waals surface area contributed by atoms with Crippen molar-refractivity contribution in [1.82, 2.24) is 20.3 Å². The van der Waals surface area contributed by atoms with Gasteiger partial charge in [0.05, 0.1) is 5.92 Å². The second-order valence-corrected chi connectivity index (χ2v) is 8.68. The molecule has 1 saturated heterocycles. The lowest BCUT2D eigenvalue weighted by Crippen LogP contribution is -2.45. The molecule has 1 aliphatic carbocycles. The van der Waals surface area contributed by atoms with Crippen LogP contribution < -0.4 is 10.2 Å². The second-order valence-electron chi connectivity index (χ2n) is 8.24. The van der Waals surface area contributed by atoms with E-state index in [1.54, 1.807) is 12.4 Å². The van der Waals surface area contributed by atoms with Gasteiger partial charge in [0.15, 0.2) is 0 Å². The number of fused-ring (bicyclic) bond motifs is 1. The van der Waals surface area contributed by atoms with Crippen LogP contribution in [0.2, 0.25) is 5.02 Å². The zero-order chi connectivity index (χ0) is 19.8. The highest BCUT2D eigenvalue weighted by Gasteiger charge is 2.53. The fourth-order valence-corrected chi connectivity index (χ4v) is 5.05. The fourth-order valence-electron chi connectivity index (χ4n) is 4.88. The van der Waals surface area contributed by atoms with Crippen LogP contribution in [0.1, 0.15) is 24.8 Å². The first-order chi connectivity index (χ1) is 14.1. The minimum atomic E-state index is -0.00234. The van der Waals surface area contributed by atoms with Crippen LogP contribution in [-0.2, 0) is 11.2 Å².